The van der Waals surface area contributed by atoms with Crippen molar-refractivity contribution in [1.29, 1.82) is 5.26 Å². The van der Waals surface area contributed by atoms with E-state index in [2.05, 4.69) is 21.5 Å². The highest BCUT2D eigenvalue weighted by molar-refractivity contribution is 7.99. The summed E-state index contributed by atoms with van der Waals surface area (Å²) in [6.07, 6.45) is 7.79. The first-order valence-electron chi connectivity index (χ1n) is 10.1. The number of nitriles is 1. The van der Waals surface area contributed by atoms with E-state index in [1.807, 2.05) is 35.3 Å². The van der Waals surface area contributed by atoms with Crippen molar-refractivity contribution in [3.8, 4) is 17.2 Å². The van der Waals surface area contributed by atoms with Gasteiger partial charge in [0.2, 0.25) is 5.91 Å². The zero-order valence-electron chi connectivity index (χ0n) is 16.7. The van der Waals surface area contributed by atoms with Crippen LogP contribution in [-0.2, 0) is 4.79 Å². The van der Waals surface area contributed by atoms with Crippen LogP contribution in [0.2, 0.25) is 0 Å². The Balaban J connectivity index is 1.36. The normalized spacial score (nSPS) is 18.2. The molecule has 1 atom stereocenters. The van der Waals surface area contributed by atoms with Gasteiger partial charge in [0.25, 0.3) is 5.91 Å². The molecule has 1 saturated carbocycles. The second kappa shape index (κ2) is 8.04. The van der Waals surface area contributed by atoms with Gasteiger partial charge in [0, 0.05) is 29.1 Å². The number of aromatic nitrogens is 3. The SMILES string of the molecule is N#CC1CSCN1C(=O)CNC(=O)c1ccnc2ccc(-c3cnn(C4CC4)c3)cc12. The van der Waals surface area contributed by atoms with Crippen molar-refractivity contribution in [3.05, 3.63) is 48.4 Å². The highest BCUT2D eigenvalue weighted by Gasteiger charge is 2.29. The van der Waals surface area contributed by atoms with Gasteiger partial charge in [-0.2, -0.15) is 10.4 Å². The van der Waals surface area contributed by atoms with Crippen LogP contribution in [0.5, 0.6) is 0 Å². The summed E-state index contributed by atoms with van der Waals surface area (Å²) in [6, 6.07) is 9.66. The Morgan fingerprint density at radius 1 is 1.26 bits per heavy atom. The smallest absolute Gasteiger partial charge is 0.252 e. The lowest BCUT2D eigenvalue weighted by atomic mass is 10.0. The second-order valence-electron chi connectivity index (χ2n) is 7.72. The molecule has 1 N–H and O–H groups in total. The Bertz CT molecular complexity index is 1210. The summed E-state index contributed by atoms with van der Waals surface area (Å²) in [5.41, 5.74) is 3.12. The van der Waals surface area contributed by atoms with Crippen molar-refractivity contribution in [2.24, 2.45) is 0 Å². The summed E-state index contributed by atoms with van der Waals surface area (Å²) in [4.78, 5) is 31.2. The Morgan fingerprint density at radius 2 is 2.13 bits per heavy atom. The molecule has 8 nitrogen and oxygen atoms in total. The molecule has 9 heteroatoms. The molecule has 3 heterocycles. The number of fused-ring (bicyclic) bond motifs is 1. The lowest BCUT2D eigenvalue weighted by Gasteiger charge is -2.18. The van der Waals surface area contributed by atoms with Crippen LogP contribution in [0.1, 0.15) is 29.2 Å². The number of thioether (sulfide) groups is 1. The molecule has 0 bridgehead atoms. The van der Waals surface area contributed by atoms with Crippen LogP contribution in [0.4, 0.5) is 0 Å². The van der Waals surface area contributed by atoms with Gasteiger partial charge >= 0.3 is 0 Å². The van der Waals surface area contributed by atoms with Gasteiger partial charge in [-0.25, -0.2) is 0 Å². The monoisotopic (exact) mass is 432 g/mol. The molecule has 0 spiro atoms. The van der Waals surface area contributed by atoms with Gasteiger partial charge in [-0.05, 0) is 36.6 Å². The third-order valence-corrected chi connectivity index (χ3v) is 6.61. The maximum atomic E-state index is 12.9. The van der Waals surface area contributed by atoms with Gasteiger partial charge in [-0.3, -0.25) is 19.3 Å². The summed E-state index contributed by atoms with van der Waals surface area (Å²) >= 11 is 1.54. The third-order valence-electron chi connectivity index (χ3n) is 5.59. The van der Waals surface area contributed by atoms with E-state index in [4.69, 9.17) is 5.26 Å². The molecule has 3 aromatic rings. The number of amides is 2. The maximum Gasteiger partial charge on any atom is 0.252 e. The molecular weight excluding hydrogens is 412 g/mol. The summed E-state index contributed by atoms with van der Waals surface area (Å²) in [7, 11) is 0. The van der Waals surface area contributed by atoms with E-state index < -0.39 is 6.04 Å². The molecular formula is C22H20N6O2S. The number of carbonyl (C=O) groups is 2. The number of benzene rings is 1. The van der Waals surface area contributed by atoms with Crippen LogP contribution in [0.15, 0.2) is 42.9 Å². The summed E-state index contributed by atoms with van der Waals surface area (Å²) in [5.74, 6) is 0.484. The third kappa shape index (κ3) is 3.86. The van der Waals surface area contributed by atoms with E-state index in [9.17, 15) is 9.59 Å². The maximum absolute atomic E-state index is 12.9. The first-order chi connectivity index (χ1) is 15.1. The fourth-order valence-corrected chi connectivity index (χ4v) is 4.80. The summed E-state index contributed by atoms with van der Waals surface area (Å²) < 4.78 is 1.99. The molecule has 1 aliphatic heterocycles. The van der Waals surface area contributed by atoms with E-state index >= 15 is 0 Å². The average Bonchev–Trinajstić information content (AvgIpc) is 3.33. The van der Waals surface area contributed by atoms with Gasteiger partial charge in [-0.1, -0.05) is 6.07 Å². The highest BCUT2D eigenvalue weighted by Crippen LogP contribution is 2.35. The van der Waals surface area contributed by atoms with E-state index in [1.165, 1.54) is 16.7 Å². The molecule has 2 fully saturated rings. The van der Waals surface area contributed by atoms with Crippen LogP contribution in [0.25, 0.3) is 22.0 Å². The standard InChI is InChI=1S/C22H20N6O2S/c23-8-17-12-31-13-27(17)21(29)10-25-22(30)18-5-6-24-20-4-1-14(7-19(18)20)15-9-26-28(11-15)16-2-3-16/h1,4-7,9,11,16-17H,2-3,10,12-13H2,(H,25,30). The molecule has 31 heavy (non-hydrogen) atoms. The van der Waals surface area contributed by atoms with Gasteiger partial charge in [0.15, 0.2) is 0 Å². The molecule has 1 aliphatic carbocycles. The van der Waals surface area contributed by atoms with Gasteiger partial charge in [-0.15, -0.1) is 11.8 Å². The lowest BCUT2D eigenvalue weighted by Crippen LogP contribution is -2.42. The van der Waals surface area contributed by atoms with Crippen LogP contribution in [-0.4, -0.2) is 55.7 Å². The Morgan fingerprint density at radius 3 is 2.94 bits per heavy atom. The average molecular weight is 433 g/mol. The Labute approximate surface area is 183 Å². The highest BCUT2D eigenvalue weighted by atomic mass is 32.2. The van der Waals surface area contributed by atoms with E-state index in [1.54, 1.807) is 12.3 Å². The van der Waals surface area contributed by atoms with Crippen molar-refractivity contribution in [2.45, 2.75) is 24.9 Å². The second-order valence-corrected chi connectivity index (χ2v) is 8.72. The van der Waals surface area contributed by atoms with Gasteiger partial charge in [0.1, 0.15) is 6.04 Å². The zero-order valence-corrected chi connectivity index (χ0v) is 17.5. The van der Waals surface area contributed by atoms with Crippen molar-refractivity contribution < 1.29 is 9.59 Å². The molecule has 156 valence electrons. The van der Waals surface area contributed by atoms with Crippen molar-refractivity contribution in [2.75, 3.05) is 18.2 Å². The minimum Gasteiger partial charge on any atom is -0.343 e. The number of hydrogen-bond donors (Lipinski definition) is 1. The van der Waals surface area contributed by atoms with Crippen LogP contribution in [0.3, 0.4) is 0 Å². The number of rotatable bonds is 5. The van der Waals surface area contributed by atoms with Crippen molar-refractivity contribution >= 4 is 34.5 Å². The van der Waals surface area contributed by atoms with Gasteiger partial charge in [0.05, 0.1) is 41.8 Å². The number of carbonyl (C=O) groups excluding carboxylic acids is 2. The number of nitrogens with one attached hydrogen (secondary N) is 1. The topological polar surface area (TPSA) is 104 Å². The Hall–Kier alpha value is -3.38. The van der Waals surface area contributed by atoms with Crippen LogP contribution < -0.4 is 5.32 Å². The number of nitrogens with zero attached hydrogens (tertiary/aromatic N) is 5. The molecule has 1 unspecified atom stereocenters. The first-order valence-corrected chi connectivity index (χ1v) is 11.3. The molecule has 0 radical (unpaired) electrons. The summed E-state index contributed by atoms with van der Waals surface area (Å²) in [5, 5.41) is 17.0. The summed E-state index contributed by atoms with van der Waals surface area (Å²) in [6.45, 7) is -0.144. The lowest BCUT2D eigenvalue weighted by molar-refractivity contribution is -0.129. The molecule has 2 aliphatic rings. The van der Waals surface area contributed by atoms with Crippen LogP contribution in [0, 0.1) is 11.3 Å². The molecule has 2 amide bonds. The number of pyridine rings is 1. The molecule has 2 aromatic heterocycles. The fourth-order valence-electron chi connectivity index (χ4n) is 3.70. The first kappa shape index (κ1) is 19.6. The fraction of sp³-hybridized carbons (Fsp3) is 0.318. The molecule has 1 aromatic carbocycles. The van der Waals surface area contributed by atoms with Crippen molar-refractivity contribution in [1.82, 2.24) is 25.0 Å². The van der Waals surface area contributed by atoms with Crippen LogP contribution >= 0.6 is 11.8 Å². The Kier molecular flexibility index (Phi) is 5.08. The van der Waals surface area contributed by atoms with E-state index in [-0.39, 0.29) is 18.4 Å². The number of hydrogen-bond acceptors (Lipinski definition) is 6. The molecule has 1 saturated heterocycles. The minimum atomic E-state index is -0.435. The van der Waals surface area contributed by atoms with E-state index in [0.29, 0.717) is 28.8 Å². The van der Waals surface area contributed by atoms with Crippen molar-refractivity contribution in [3.63, 3.8) is 0 Å². The van der Waals surface area contributed by atoms with E-state index in [0.717, 1.165) is 29.4 Å². The quantitative estimate of drug-likeness (QED) is 0.665. The molecule has 5 rings (SSSR count). The largest absolute Gasteiger partial charge is 0.343 e. The predicted molar refractivity (Wildman–Crippen MR) is 117 cm³/mol. The van der Waals surface area contributed by atoms with Gasteiger partial charge < -0.3 is 10.2 Å². The minimum absolute atomic E-state index is 0.144. The zero-order chi connectivity index (χ0) is 21.4. The predicted octanol–water partition coefficient (Wildman–Crippen LogP) is 2.59.